The van der Waals surface area contributed by atoms with Crippen molar-refractivity contribution in [2.45, 2.75) is 45.3 Å². The van der Waals surface area contributed by atoms with Gasteiger partial charge in [-0.05, 0) is 11.6 Å². The van der Waals surface area contributed by atoms with Crippen molar-refractivity contribution in [2.75, 3.05) is 0 Å². The van der Waals surface area contributed by atoms with E-state index in [2.05, 4.69) is 27.3 Å². The van der Waals surface area contributed by atoms with E-state index in [0.29, 0.717) is 0 Å². The van der Waals surface area contributed by atoms with E-state index in [4.69, 9.17) is 11.1 Å². The molecule has 0 saturated carbocycles. The molecule has 0 heterocycles. The highest BCUT2D eigenvalue weighted by Crippen LogP contribution is 2.31. The van der Waals surface area contributed by atoms with Crippen LogP contribution in [0.5, 0.6) is 0 Å². The van der Waals surface area contributed by atoms with Gasteiger partial charge in [-0.15, -0.1) is 0 Å². The molecule has 9 heavy (non-hydrogen) atoms. The Balaban J connectivity index is 3.80. The summed E-state index contributed by atoms with van der Waals surface area (Å²) in [6.07, 6.45) is 1.24. The van der Waals surface area contributed by atoms with Crippen LogP contribution in [0, 0.1) is 0 Å². The van der Waals surface area contributed by atoms with E-state index in [1.54, 1.807) is 0 Å². The van der Waals surface area contributed by atoms with Crippen LogP contribution in [0.25, 0.3) is 0 Å². The number of halogens is 1. The molecule has 0 aliphatic heterocycles. The van der Waals surface area contributed by atoms with Crippen LogP contribution >= 0.6 is 11.1 Å². The molecule has 56 valence electrons. The molecule has 0 fully saturated rings. The molecule has 0 saturated heterocycles. The maximum absolute atomic E-state index is 6.31. The first-order valence-electron chi connectivity index (χ1n) is 3.73. The summed E-state index contributed by atoms with van der Waals surface area (Å²) in [5, 5.41) is 0. The van der Waals surface area contributed by atoms with Crippen LogP contribution in [-0.2, 0) is 0 Å². The molecule has 0 rings (SSSR count). The highest BCUT2D eigenvalue weighted by Gasteiger charge is 2.27. The second-order valence-electron chi connectivity index (χ2n) is 2.94. The summed E-state index contributed by atoms with van der Waals surface area (Å²) in [5.41, 5.74) is 0.768. The lowest BCUT2D eigenvalue weighted by molar-refractivity contribution is 0.846. The van der Waals surface area contributed by atoms with Crippen molar-refractivity contribution in [1.82, 2.24) is 0 Å². The van der Waals surface area contributed by atoms with E-state index in [1.807, 2.05) is 0 Å². The number of rotatable bonds is 3. The smallest absolute Gasteiger partial charge is 0.156 e. The molecule has 0 bridgehead atoms. The molecule has 0 nitrogen and oxygen atoms in total. The zero-order valence-corrected chi connectivity index (χ0v) is 8.63. The number of hydrogen-bond donors (Lipinski definition) is 0. The second-order valence-corrected chi connectivity index (χ2v) is 9.78. The fraction of sp³-hybridized carbons (Fsp3) is 1.00. The Morgan fingerprint density at radius 3 is 2.00 bits per heavy atom. The lowest BCUT2D eigenvalue weighted by Crippen LogP contribution is -2.26. The van der Waals surface area contributed by atoms with E-state index in [0.717, 1.165) is 5.54 Å². The Morgan fingerprint density at radius 1 is 1.44 bits per heavy atom. The molecule has 0 aromatic rings. The van der Waals surface area contributed by atoms with Crippen LogP contribution < -0.4 is 0 Å². The van der Waals surface area contributed by atoms with Gasteiger partial charge in [-0.3, -0.25) is 0 Å². The molecule has 0 aromatic carbocycles. The van der Waals surface area contributed by atoms with Gasteiger partial charge >= 0.3 is 0 Å². The zero-order valence-electron chi connectivity index (χ0n) is 6.87. The largest absolute Gasteiger partial charge is 0.167 e. The lowest BCUT2D eigenvalue weighted by Gasteiger charge is -2.23. The molecule has 0 aromatic heterocycles. The Labute approximate surface area is 64.3 Å². The fourth-order valence-corrected chi connectivity index (χ4v) is 2.79. The molecule has 0 aliphatic rings. The van der Waals surface area contributed by atoms with Crippen molar-refractivity contribution in [2.24, 2.45) is 0 Å². The normalized spacial score (nSPS) is 21.0. The van der Waals surface area contributed by atoms with Gasteiger partial charge in [0.15, 0.2) is 7.38 Å². The summed E-state index contributed by atoms with van der Waals surface area (Å²) in [4.78, 5) is 0. The van der Waals surface area contributed by atoms with Gasteiger partial charge in [-0.1, -0.05) is 33.7 Å². The first kappa shape index (κ1) is 9.51. The molecule has 2 unspecified atom stereocenters. The average molecular weight is 165 g/mol. The third-order valence-corrected chi connectivity index (χ3v) is 8.10. The molecule has 0 spiro atoms. The van der Waals surface area contributed by atoms with E-state index in [9.17, 15) is 0 Å². The third kappa shape index (κ3) is 2.72. The van der Waals surface area contributed by atoms with Crippen LogP contribution in [0.1, 0.15) is 27.2 Å². The van der Waals surface area contributed by atoms with Crippen LogP contribution in [0.3, 0.4) is 0 Å². The molecule has 0 aliphatic carbocycles. The Kier molecular flexibility index (Phi) is 3.82. The van der Waals surface area contributed by atoms with Gasteiger partial charge in [-0.25, -0.2) is 0 Å². The predicted octanol–water partition coefficient (Wildman–Crippen LogP) is 3.62. The zero-order chi connectivity index (χ0) is 7.49. The first-order valence-corrected chi connectivity index (χ1v) is 7.53. The SMILES string of the molecule is CCC(C)[Si](C)(Cl)CC. The van der Waals surface area contributed by atoms with Crippen molar-refractivity contribution in [1.29, 1.82) is 0 Å². The van der Waals surface area contributed by atoms with Crippen molar-refractivity contribution >= 4 is 18.5 Å². The summed E-state index contributed by atoms with van der Waals surface area (Å²) in [6.45, 7) is 8.94. The molecule has 0 amide bonds. The van der Waals surface area contributed by atoms with Crippen LogP contribution in [0.4, 0.5) is 0 Å². The third-order valence-electron chi connectivity index (χ3n) is 2.33. The quantitative estimate of drug-likeness (QED) is 0.442. The second kappa shape index (κ2) is 3.62. The van der Waals surface area contributed by atoms with Crippen LogP contribution in [0.15, 0.2) is 0 Å². The maximum Gasteiger partial charge on any atom is 0.156 e. The minimum Gasteiger partial charge on any atom is -0.167 e. The van der Waals surface area contributed by atoms with Crippen molar-refractivity contribution in [3.05, 3.63) is 0 Å². The van der Waals surface area contributed by atoms with Gasteiger partial charge in [0.05, 0.1) is 0 Å². The Bertz CT molecular complexity index is 81.0. The summed E-state index contributed by atoms with van der Waals surface area (Å²) >= 11 is 6.31. The van der Waals surface area contributed by atoms with Gasteiger partial charge in [0.2, 0.25) is 0 Å². The molecular weight excluding hydrogens is 148 g/mol. The van der Waals surface area contributed by atoms with Crippen LogP contribution in [0.2, 0.25) is 18.1 Å². The molecule has 0 radical (unpaired) electrons. The highest BCUT2D eigenvalue weighted by molar-refractivity contribution is 7.20. The van der Waals surface area contributed by atoms with Gasteiger partial charge < -0.3 is 0 Å². The topological polar surface area (TPSA) is 0 Å². The first-order chi connectivity index (χ1) is 4.04. The van der Waals surface area contributed by atoms with Gasteiger partial charge in [0.25, 0.3) is 0 Å². The molecule has 2 atom stereocenters. The Hall–Kier alpha value is 0.507. The summed E-state index contributed by atoms with van der Waals surface area (Å²) in [6, 6.07) is 1.20. The van der Waals surface area contributed by atoms with Crippen LogP contribution in [-0.4, -0.2) is 7.38 Å². The minimum absolute atomic E-state index is 0.768. The monoisotopic (exact) mass is 164 g/mol. The molecular formula is C7H17ClSi. The lowest BCUT2D eigenvalue weighted by atomic mass is 10.4. The van der Waals surface area contributed by atoms with Crippen molar-refractivity contribution in [3.8, 4) is 0 Å². The number of hydrogen-bond acceptors (Lipinski definition) is 0. The van der Waals surface area contributed by atoms with Crippen molar-refractivity contribution in [3.63, 3.8) is 0 Å². The highest BCUT2D eigenvalue weighted by atomic mass is 35.6. The van der Waals surface area contributed by atoms with E-state index in [-0.39, 0.29) is 0 Å². The fourth-order valence-electron chi connectivity index (χ4n) is 0.774. The summed E-state index contributed by atoms with van der Waals surface area (Å²) in [5.74, 6) is 0. The summed E-state index contributed by atoms with van der Waals surface area (Å²) in [7, 11) is -1.31. The minimum atomic E-state index is -1.31. The van der Waals surface area contributed by atoms with Crippen molar-refractivity contribution < 1.29 is 0 Å². The van der Waals surface area contributed by atoms with E-state index in [1.165, 1.54) is 12.5 Å². The Morgan fingerprint density at radius 2 is 1.89 bits per heavy atom. The summed E-state index contributed by atoms with van der Waals surface area (Å²) < 4.78 is 0. The van der Waals surface area contributed by atoms with E-state index >= 15 is 0 Å². The van der Waals surface area contributed by atoms with Gasteiger partial charge in [-0.2, -0.15) is 11.1 Å². The molecule has 2 heteroatoms. The van der Waals surface area contributed by atoms with Gasteiger partial charge in [0.1, 0.15) is 0 Å². The predicted molar refractivity (Wildman–Crippen MR) is 47.7 cm³/mol. The maximum atomic E-state index is 6.31. The average Bonchev–Trinajstić information content (AvgIpc) is 1.86. The standard InChI is InChI=1S/C7H17ClSi/c1-5-7(3)9(4,8)6-2/h7H,5-6H2,1-4H3. The molecule has 0 N–H and O–H groups in total. The van der Waals surface area contributed by atoms with Gasteiger partial charge in [0, 0.05) is 0 Å². The van der Waals surface area contributed by atoms with E-state index < -0.39 is 7.38 Å².